The molecule has 0 spiro atoms. The first kappa shape index (κ1) is 13.7. The normalized spacial score (nSPS) is 11.5. The minimum absolute atomic E-state index is 0.117. The van der Waals surface area contributed by atoms with Crippen LogP contribution in [0.15, 0.2) is 18.3 Å². The minimum Gasteiger partial charge on any atom is -0.481 e. The monoisotopic (exact) mass is 250 g/mol. The lowest BCUT2D eigenvalue weighted by Gasteiger charge is -2.08. The Morgan fingerprint density at radius 2 is 2.12 bits per heavy atom. The molecule has 4 nitrogen and oxygen atoms in total. The second kappa shape index (κ2) is 6.41. The van der Waals surface area contributed by atoms with E-state index in [4.69, 9.17) is 4.74 Å². The molecule has 17 heavy (non-hydrogen) atoms. The molecule has 1 aromatic heterocycles. The van der Waals surface area contributed by atoms with Crippen molar-refractivity contribution in [1.29, 1.82) is 0 Å². The first-order chi connectivity index (χ1) is 8.01. The predicted molar refractivity (Wildman–Crippen MR) is 54.5 cm³/mol. The Morgan fingerprint density at radius 3 is 2.65 bits per heavy atom. The fraction of sp³-hybridized carbons (Fsp3) is 0.500. The van der Waals surface area contributed by atoms with Gasteiger partial charge in [-0.25, -0.2) is 4.98 Å². The molecule has 0 unspecified atom stereocenters. The third kappa shape index (κ3) is 6.08. The molecule has 0 saturated heterocycles. The number of halogens is 3. The van der Waals surface area contributed by atoms with Crippen LogP contribution in [0.3, 0.4) is 0 Å². The van der Waals surface area contributed by atoms with E-state index in [1.54, 1.807) is 18.3 Å². The molecule has 0 aliphatic rings. The number of nitrogens with one attached hydrogen (secondary N) is 1. The summed E-state index contributed by atoms with van der Waals surface area (Å²) in [6.07, 6.45) is -2.97. The minimum atomic E-state index is -4.57. The van der Waals surface area contributed by atoms with Gasteiger partial charge in [0.2, 0.25) is 5.88 Å². The van der Waals surface area contributed by atoms with E-state index in [0.29, 0.717) is 12.4 Å². The lowest BCUT2D eigenvalue weighted by Crippen LogP contribution is -2.24. The van der Waals surface area contributed by atoms with Crippen molar-refractivity contribution in [3.05, 3.63) is 23.9 Å². The average Bonchev–Trinajstić information content (AvgIpc) is 2.28. The lowest BCUT2D eigenvalue weighted by molar-refractivity contribution is -0.323. The summed E-state index contributed by atoms with van der Waals surface area (Å²) in [7, 11) is 1.51. The zero-order chi connectivity index (χ0) is 12.7. The van der Waals surface area contributed by atoms with Crippen molar-refractivity contribution >= 4 is 0 Å². The van der Waals surface area contributed by atoms with Gasteiger partial charge in [0, 0.05) is 25.4 Å². The van der Waals surface area contributed by atoms with Crippen LogP contribution >= 0.6 is 0 Å². The van der Waals surface area contributed by atoms with Gasteiger partial charge in [-0.1, -0.05) is 6.07 Å². The molecule has 0 atom stereocenters. The zero-order valence-electron chi connectivity index (χ0n) is 9.25. The van der Waals surface area contributed by atoms with Crippen molar-refractivity contribution in [3.63, 3.8) is 0 Å². The van der Waals surface area contributed by atoms with Gasteiger partial charge in [0.15, 0.2) is 0 Å². The zero-order valence-corrected chi connectivity index (χ0v) is 9.25. The van der Waals surface area contributed by atoms with Crippen molar-refractivity contribution in [3.8, 4) is 5.88 Å². The van der Waals surface area contributed by atoms with Gasteiger partial charge in [0.25, 0.3) is 0 Å². The fourth-order valence-electron chi connectivity index (χ4n) is 1.11. The van der Waals surface area contributed by atoms with E-state index in [9.17, 15) is 13.2 Å². The van der Waals surface area contributed by atoms with Crippen molar-refractivity contribution < 1.29 is 22.6 Å². The number of ether oxygens (including phenoxy) is 2. The summed E-state index contributed by atoms with van der Waals surface area (Å²) in [5.41, 5.74) is 0.859. The molecule has 96 valence electrons. The molecule has 1 N–H and O–H groups in total. The largest absolute Gasteiger partial charge is 0.522 e. The van der Waals surface area contributed by atoms with Crippen LogP contribution in [0.4, 0.5) is 13.2 Å². The Balaban J connectivity index is 2.18. The number of aromatic nitrogens is 1. The Labute approximate surface area is 96.7 Å². The molecular formula is C10H13F3N2O2. The first-order valence-corrected chi connectivity index (χ1v) is 4.91. The van der Waals surface area contributed by atoms with E-state index in [1.165, 1.54) is 7.11 Å². The highest BCUT2D eigenvalue weighted by Crippen LogP contribution is 2.15. The fourth-order valence-corrected chi connectivity index (χ4v) is 1.11. The van der Waals surface area contributed by atoms with Gasteiger partial charge in [0.1, 0.15) is 0 Å². The Hall–Kier alpha value is -1.34. The molecule has 0 aliphatic heterocycles. The third-order valence-electron chi connectivity index (χ3n) is 1.88. The van der Waals surface area contributed by atoms with Gasteiger partial charge in [-0.15, -0.1) is 13.2 Å². The maximum atomic E-state index is 11.6. The number of rotatable bonds is 6. The molecule has 0 saturated carbocycles. The summed E-state index contributed by atoms with van der Waals surface area (Å²) in [6.45, 7) is 0.136. The van der Waals surface area contributed by atoms with Gasteiger partial charge >= 0.3 is 6.36 Å². The van der Waals surface area contributed by atoms with Gasteiger partial charge in [-0.3, -0.25) is 4.74 Å². The maximum Gasteiger partial charge on any atom is 0.522 e. The van der Waals surface area contributed by atoms with Crippen LogP contribution in [0.25, 0.3) is 0 Å². The Kier molecular flexibility index (Phi) is 5.17. The van der Waals surface area contributed by atoms with Crippen LogP contribution in [-0.4, -0.2) is 31.6 Å². The average molecular weight is 250 g/mol. The summed E-state index contributed by atoms with van der Waals surface area (Å²) in [4.78, 5) is 3.96. The van der Waals surface area contributed by atoms with Crippen molar-refractivity contribution in [1.82, 2.24) is 10.3 Å². The number of nitrogens with zero attached hydrogens (tertiary/aromatic N) is 1. The summed E-state index contributed by atoms with van der Waals surface area (Å²) in [6, 6.07) is 3.46. The maximum absolute atomic E-state index is 11.6. The van der Waals surface area contributed by atoms with Crippen LogP contribution in [0.2, 0.25) is 0 Å². The van der Waals surface area contributed by atoms with Crippen LogP contribution < -0.4 is 10.1 Å². The van der Waals surface area contributed by atoms with E-state index in [-0.39, 0.29) is 6.54 Å². The van der Waals surface area contributed by atoms with Gasteiger partial charge in [-0.2, -0.15) is 0 Å². The Morgan fingerprint density at radius 1 is 1.35 bits per heavy atom. The molecule has 7 heteroatoms. The van der Waals surface area contributed by atoms with E-state index in [0.717, 1.165) is 5.56 Å². The SMILES string of the molecule is COc1ccc(CNCCOC(F)(F)F)cn1. The second-order valence-electron chi connectivity index (χ2n) is 3.18. The Bertz CT molecular complexity index is 327. The summed E-state index contributed by atoms with van der Waals surface area (Å²) in [5.74, 6) is 0.495. The number of methoxy groups -OCH3 is 1. The van der Waals surface area contributed by atoms with Crippen LogP contribution in [0.5, 0.6) is 5.88 Å². The summed E-state index contributed by atoms with van der Waals surface area (Å²) >= 11 is 0. The number of hydrogen-bond acceptors (Lipinski definition) is 4. The van der Waals surface area contributed by atoms with Crippen molar-refractivity contribution in [2.24, 2.45) is 0 Å². The molecular weight excluding hydrogens is 237 g/mol. The number of pyridine rings is 1. The third-order valence-corrected chi connectivity index (χ3v) is 1.88. The van der Waals surface area contributed by atoms with Gasteiger partial charge in [-0.05, 0) is 5.56 Å². The summed E-state index contributed by atoms with van der Waals surface area (Å²) < 4.78 is 43.3. The predicted octanol–water partition coefficient (Wildman–Crippen LogP) is 1.72. The van der Waals surface area contributed by atoms with E-state index in [1.807, 2.05) is 0 Å². The highest BCUT2D eigenvalue weighted by Gasteiger charge is 2.28. The van der Waals surface area contributed by atoms with Gasteiger partial charge in [0.05, 0.1) is 13.7 Å². The van der Waals surface area contributed by atoms with E-state index >= 15 is 0 Å². The quantitative estimate of drug-likeness (QED) is 0.781. The van der Waals surface area contributed by atoms with Crippen LogP contribution in [0, 0.1) is 0 Å². The lowest BCUT2D eigenvalue weighted by atomic mass is 10.3. The molecule has 0 aliphatic carbocycles. The standard InChI is InChI=1S/C10H13F3N2O2/c1-16-9-3-2-8(7-15-9)6-14-4-5-17-10(11,12)13/h2-3,7,14H,4-6H2,1H3. The molecule has 1 aromatic rings. The molecule has 0 aromatic carbocycles. The molecule has 0 fully saturated rings. The van der Waals surface area contributed by atoms with E-state index < -0.39 is 13.0 Å². The van der Waals surface area contributed by atoms with Crippen molar-refractivity contribution in [2.75, 3.05) is 20.3 Å². The second-order valence-corrected chi connectivity index (χ2v) is 3.18. The molecule has 1 rings (SSSR count). The number of hydrogen-bond donors (Lipinski definition) is 1. The number of alkyl halides is 3. The molecule has 0 amide bonds. The smallest absolute Gasteiger partial charge is 0.481 e. The van der Waals surface area contributed by atoms with Crippen molar-refractivity contribution in [2.45, 2.75) is 12.9 Å². The van der Waals surface area contributed by atoms with E-state index in [2.05, 4.69) is 15.0 Å². The molecule has 0 radical (unpaired) electrons. The molecule has 0 bridgehead atoms. The highest BCUT2D eigenvalue weighted by molar-refractivity contribution is 5.17. The van der Waals surface area contributed by atoms with Crippen LogP contribution in [-0.2, 0) is 11.3 Å². The highest BCUT2D eigenvalue weighted by atomic mass is 19.4. The summed E-state index contributed by atoms with van der Waals surface area (Å²) in [5, 5.41) is 2.81. The molecule has 1 heterocycles. The first-order valence-electron chi connectivity index (χ1n) is 4.91. The van der Waals surface area contributed by atoms with Crippen LogP contribution in [0.1, 0.15) is 5.56 Å². The van der Waals surface area contributed by atoms with Gasteiger partial charge < -0.3 is 10.1 Å². The topological polar surface area (TPSA) is 43.4 Å².